The second-order valence-electron chi connectivity index (χ2n) is 7.57. The molecule has 3 aromatic rings. The minimum Gasteiger partial charge on any atom is -0.462 e. The zero-order valence-electron chi connectivity index (χ0n) is 17.5. The number of aromatic nitrogens is 4. The number of hydrogen-bond donors (Lipinski definition) is 1. The molecule has 0 saturated carbocycles. The number of carbonyl (C=O) groups is 2. The van der Waals surface area contributed by atoms with Crippen LogP contribution in [0.1, 0.15) is 38.1 Å². The molecule has 10 heteroatoms. The van der Waals surface area contributed by atoms with Gasteiger partial charge in [0.05, 0.1) is 18.0 Å². The van der Waals surface area contributed by atoms with E-state index in [1.807, 2.05) is 0 Å². The van der Waals surface area contributed by atoms with E-state index in [-0.39, 0.29) is 12.2 Å². The SMILES string of the molecule is CCOC(=O)c1cn(-c2ccc(-c3ccn(C(=O)OC(C)(C)C)n3)cc2)c(=O)[nH]c1=O. The molecule has 1 N–H and O–H groups in total. The Hall–Kier alpha value is -3.95. The number of rotatable bonds is 4. The molecular weight excluding hydrogens is 404 g/mol. The number of carbonyl (C=O) groups excluding carboxylic acids is 2. The monoisotopic (exact) mass is 426 g/mol. The van der Waals surface area contributed by atoms with Crippen LogP contribution in [0.3, 0.4) is 0 Å². The number of benzene rings is 1. The Bertz CT molecular complexity index is 1230. The Balaban J connectivity index is 1.89. The molecule has 0 radical (unpaired) electrons. The van der Waals surface area contributed by atoms with Gasteiger partial charge in [0.25, 0.3) is 5.56 Å². The van der Waals surface area contributed by atoms with Crippen molar-refractivity contribution in [2.75, 3.05) is 6.61 Å². The van der Waals surface area contributed by atoms with Gasteiger partial charge in [-0.3, -0.25) is 14.3 Å². The lowest BCUT2D eigenvalue weighted by Gasteiger charge is -2.18. The quantitative estimate of drug-likeness (QED) is 0.635. The molecule has 3 rings (SSSR count). The standard InChI is InChI=1S/C21H22N4O6/c1-5-30-18(27)15-12-24(19(28)22-17(15)26)14-8-6-13(7-9-14)16-10-11-25(23-16)20(29)31-21(2,3)4/h6-12H,5H2,1-4H3,(H,22,26,28). The summed E-state index contributed by atoms with van der Waals surface area (Å²) >= 11 is 0. The predicted molar refractivity (Wildman–Crippen MR) is 111 cm³/mol. The van der Waals surface area contributed by atoms with E-state index in [4.69, 9.17) is 9.47 Å². The molecule has 0 atom stereocenters. The van der Waals surface area contributed by atoms with Crippen molar-refractivity contribution in [3.63, 3.8) is 0 Å². The van der Waals surface area contributed by atoms with E-state index in [1.54, 1.807) is 58.0 Å². The summed E-state index contributed by atoms with van der Waals surface area (Å²) in [7, 11) is 0. The predicted octanol–water partition coefficient (Wildman–Crippen LogP) is 2.35. The highest BCUT2D eigenvalue weighted by molar-refractivity contribution is 5.88. The fourth-order valence-electron chi connectivity index (χ4n) is 2.70. The van der Waals surface area contributed by atoms with Gasteiger partial charge in [-0.25, -0.2) is 14.4 Å². The molecule has 1 aromatic carbocycles. The van der Waals surface area contributed by atoms with Crippen molar-refractivity contribution >= 4 is 12.1 Å². The molecule has 0 amide bonds. The van der Waals surface area contributed by atoms with E-state index >= 15 is 0 Å². The summed E-state index contributed by atoms with van der Waals surface area (Å²) < 4.78 is 12.4. The maximum absolute atomic E-state index is 12.2. The van der Waals surface area contributed by atoms with E-state index in [1.165, 1.54) is 6.20 Å². The van der Waals surface area contributed by atoms with Crippen LogP contribution in [0.4, 0.5) is 4.79 Å². The van der Waals surface area contributed by atoms with Crippen molar-refractivity contribution in [3.05, 3.63) is 69.1 Å². The number of esters is 1. The second-order valence-corrected chi connectivity index (χ2v) is 7.57. The van der Waals surface area contributed by atoms with E-state index in [0.29, 0.717) is 16.9 Å². The smallest absolute Gasteiger partial charge is 0.435 e. The lowest BCUT2D eigenvalue weighted by atomic mass is 10.1. The Labute approximate surface area is 177 Å². The topological polar surface area (TPSA) is 125 Å². The van der Waals surface area contributed by atoms with Crippen LogP contribution in [-0.2, 0) is 9.47 Å². The van der Waals surface area contributed by atoms with Gasteiger partial charge in [0.2, 0.25) is 0 Å². The molecule has 0 saturated heterocycles. The molecule has 0 aliphatic heterocycles. The van der Waals surface area contributed by atoms with E-state index in [9.17, 15) is 19.2 Å². The number of nitrogens with zero attached hydrogens (tertiary/aromatic N) is 3. The fraction of sp³-hybridized carbons (Fsp3) is 0.286. The number of nitrogens with one attached hydrogen (secondary N) is 1. The van der Waals surface area contributed by atoms with Gasteiger partial charge < -0.3 is 9.47 Å². The molecule has 0 unspecified atom stereocenters. The molecule has 2 heterocycles. The highest BCUT2D eigenvalue weighted by Gasteiger charge is 2.19. The van der Waals surface area contributed by atoms with Gasteiger partial charge in [-0.15, -0.1) is 0 Å². The third kappa shape index (κ3) is 4.97. The van der Waals surface area contributed by atoms with Crippen LogP contribution in [0.25, 0.3) is 16.9 Å². The van der Waals surface area contributed by atoms with Crippen molar-refractivity contribution in [1.82, 2.24) is 19.3 Å². The first kappa shape index (κ1) is 21.8. The second kappa shape index (κ2) is 8.42. The highest BCUT2D eigenvalue weighted by atomic mass is 16.6. The molecule has 0 bridgehead atoms. The van der Waals surface area contributed by atoms with Gasteiger partial charge in [0.1, 0.15) is 11.2 Å². The maximum Gasteiger partial charge on any atom is 0.435 e. The Morgan fingerprint density at radius 1 is 1.10 bits per heavy atom. The third-order valence-electron chi connectivity index (χ3n) is 4.05. The van der Waals surface area contributed by atoms with Crippen LogP contribution >= 0.6 is 0 Å². The third-order valence-corrected chi connectivity index (χ3v) is 4.05. The zero-order valence-corrected chi connectivity index (χ0v) is 17.5. The number of ether oxygens (including phenoxy) is 2. The number of H-pyrrole nitrogens is 1. The molecule has 0 fully saturated rings. The molecule has 10 nitrogen and oxygen atoms in total. The lowest BCUT2D eigenvalue weighted by molar-refractivity contribution is 0.0508. The van der Waals surface area contributed by atoms with Crippen LogP contribution in [0, 0.1) is 0 Å². The number of aromatic amines is 1. The van der Waals surface area contributed by atoms with Crippen molar-refractivity contribution in [3.8, 4) is 16.9 Å². The van der Waals surface area contributed by atoms with E-state index < -0.39 is 28.9 Å². The Morgan fingerprint density at radius 3 is 2.39 bits per heavy atom. The summed E-state index contributed by atoms with van der Waals surface area (Å²) in [6.45, 7) is 7.01. The van der Waals surface area contributed by atoms with Gasteiger partial charge >= 0.3 is 17.8 Å². The average molecular weight is 426 g/mol. The zero-order chi connectivity index (χ0) is 22.8. The van der Waals surface area contributed by atoms with Crippen molar-refractivity contribution in [2.24, 2.45) is 0 Å². The first-order valence-corrected chi connectivity index (χ1v) is 9.52. The van der Waals surface area contributed by atoms with Crippen LogP contribution in [0.5, 0.6) is 0 Å². The molecule has 0 spiro atoms. The first-order chi connectivity index (χ1) is 14.6. The summed E-state index contributed by atoms with van der Waals surface area (Å²) in [5.74, 6) is -0.818. The van der Waals surface area contributed by atoms with Gasteiger partial charge in [-0.2, -0.15) is 9.78 Å². The first-order valence-electron chi connectivity index (χ1n) is 9.52. The van der Waals surface area contributed by atoms with Crippen molar-refractivity contribution < 1.29 is 19.1 Å². The summed E-state index contributed by atoms with van der Waals surface area (Å²) in [4.78, 5) is 50.3. The molecular formula is C21H22N4O6. The molecule has 162 valence electrons. The lowest BCUT2D eigenvalue weighted by Crippen LogP contribution is -2.33. The molecule has 0 aliphatic carbocycles. The number of hydrogen-bond acceptors (Lipinski definition) is 7. The van der Waals surface area contributed by atoms with E-state index in [0.717, 1.165) is 15.4 Å². The van der Waals surface area contributed by atoms with Gasteiger partial charge in [-0.05, 0) is 45.9 Å². The molecule has 0 aliphatic rings. The summed E-state index contributed by atoms with van der Waals surface area (Å²) in [5.41, 5.74) is -0.794. The summed E-state index contributed by atoms with van der Waals surface area (Å²) in [5, 5.41) is 4.22. The van der Waals surface area contributed by atoms with Gasteiger partial charge in [0, 0.05) is 18.0 Å². The van der Waals surface area contributed by atoms with Gasteiger partial charge in [-0.1, -0.05) is 12.1 Å². The maximum atomic E-state index is 12.2. The Kier molecular flexibility index (Phi) is 5.91. The fourth-order valence-corrected chi connectivity index (χ4v) is 2.70. The largest absolute Gasteiger partial charge is 0.462 e. The van der Waals surface area contributed by atoms with Crippen LogP contribution in [0.2, 0.25) is 0 Å². The van der Waals surface area contributed by atoms with Crippen LogP contribution in [-0.4, -0.2) is 43.6 Å². The molecule has 2 aromatic heterocycles. The van der Waals surface area contributed by atoms with Crippen molar-refractivity contribution in [2.45, 2.75) is 33.3 Å². The van der Waals surface area contributed by atoms with Crippen LogP contribution in [0.15, 0.2) is 52.3 Å². The normalized spacial score (nSPS) is 11.2. The van der Waals surface area contributed by atoms with Gasteiger partial charge in [0.15, 0.2) is 0 Å². The summed E-state index contributed by atoms with van der Waals surface area (Å²) in [6, 6.07) is 8.29. The highest BCUT2D eigenvalue weighted by Crippen LogP contribution is 2.19. The average Bonchev–Trinajstić information content (AvgIpc) is 3.17. The minimum atomic E-state index is -0.818. The minimum absolute atomic E-state index is 0.0992. The van der Waals surface area contributed by atoms with Crippen LogP contribution < -0.4 is 11.2 Å². The molecule has 31 heavy (non-hydrogen) atoms. The summed E-state index contributed by atoms with van der Waals surface area (Å²) in [6.07, 6.45) is 2.04. The van der Waals surface area contributed by atoms with E-state index in [2.05, 4.69) is 10.1 Å². The van der Waals surface area contributed by atoms with Crippen molar-refractivity contribution in [1.29, 1.82) is 0 Å². The Morgan fingerprint density at radius 2 is 1.77 bits per heavy atom.